The highest BCUT2D eigenvalue weighted by molar-refractivity contribution is 5.89. The van der Waals surface area contributed by atoms with Crippen molar-refractivity contribution in [3.8, 4) is 5.75 Å². The molecular weight excluding hydrogens is 378 g/mol. The standard InChI is InChI=1S/C20H27N3O6/c1-26-12-17-10-14(23-29-17)9-16-7-8-18(24)19(28-16)11-21-20(25)22-13-3-5-15(27-2)6-4-13/h3-6,10,16,18-19,24H,7-9,11-12H2,1-2H3,(H2,21,22,25). The van der Waals surface area contributed by atoms with E-state index in [1.54, 1.807) is 38.5 Å². The van der Waals surface area contributed by atoms with Gasteiger partial charge in [0, 0.05) is 31.8 Å². The Morgan fingerprint density at radius 3 is 2.79 bits per heavy atom. The minimum absolute atomic E-state index is 0.102. The number of amides is 2. The molecule has 0 bridgehead atoms. The van der Waals surface area contributed by atoms with Gasteiger partial charge in [-0.25, -0.2) is 4.79 Å². The highest BCUT2D eigenvalue weighted by atomic mass is 16.5. The van der Waals surface area contributed by atoms with Crippen LogP contribution in [0.1, 0.15) is 24.3 Å². The zero-order valence-corrected chi connectivity index (χ0v) is 16.6. The summed E-state index contributed by atoms with van der Waals surface area (Å²) in [7, 11) is 3.18. The van der Waals surface area contributed by atoms with Crippen LogP contribution in [-0.4, -0.2) is 55.4 Å². The normalized spacial score (nSPS) is 21.6. The molecule has 3 unspecified atom stereocenters. The van der Waals surface area contributed by atoms with Crippen molar-refractivity contribution in [2.24, 2.45) is 0 Å². The summed E-state index contributed by atoms with van der Waals surface area (Å²) >= 11 is 0. The number of nitrogens with zero attached hydrogens (tertiary/aromatic N) is 1. The average molecular weight is 405 g/mol. The second-order valence-corrected chi connectivity index (χ2v) is 6.93. The van der Waals surface area contributed by atoms with Crippen LogP contribution in [0.3, 0.4) is 0 Å². The van der Waals surface area contributed by atoms with Crippen molar-refractivity contribution in [3.63, 3.8) is 0 Å². The molecule has 2 heterocycles. The Morgan fingerprint density at radius 1 is 1.28 bits per heavy atom. The van der Waals surface area contributed by atoms with Gasteiger partial charge in [-0.15, -0.1) is 0 Å². The fourth-order valence-corrected chi connectivity index (χ4v) is 3.22. The van der Waals surface area contributed by atoms with Crippen molar-refractivity contribution in [1.82, 2.24) is 10.5 Å². The van der Waals surface area contributed by atoms with Gasteiger partial charge in [0.2, 0.25) is 0 Å². The molecule has 3 rings (SSSR count). The molecule has 29 heavy (non-hydrogen) atoms. The average Bonchev–Trinajstić information content (AvgIpc) is 3.16. The molecule has 0 radical (unpaired) electrons. The van der Waals surface area contributed by atoms with Crippen LogP contribution in [0, 0.1) is 0 Å². The lowest BCUT2D eigenvalue weighted by molar-refractivity contribution is -0.113. The third-order valence-corrected chi connectivity index (χ3v) is 4.72. The SMILES string of the molecule is COCc1cc(CC2CCC(O)C(CNC(=O)Nc3ccc(OC)cc3)O2)no1. The Labute approximate surface area is 169 Å². The van der Waals surface area contributed by atoms with Crippen molar-refractivity contribution >= 4 is 11.7 Å². The highest BCUT2D eigenvalue weighted by Gasteiger charge is 2.30. The minimum Gasteiger partial charge on any atom is -0.497 e. The van der Waals surface area contributed by atoms with Gasteiger partial charge in [0.25, 0.3) is 0 Å². The van der Waals surface area contributed by atoms with Gasteiger partial charge in [-0.1, -0.05) is 5.16 Å². The van der Waals surface area contributed by atoms with E-state index in [9.17, 15) is 9.90 Å². The Morgan fingerprint density at radius 2 is 2.07 bits per heavy atom. The van der Waals surface area contributed by atoms with E-state index in [0.29, 0.717) is 43.1 Å². The van der Waals surface area contributed by atoms with Crippen LogP contribution in [0.2, 0.25) is 0 Å². The second kappa shape index (κ2) is 10.2. The molecule has 1 aliphatic rings. The summed E-state index contributed by atoms with van der Waals surface area (Å²) in [5, 5.41) is 19.7. The molecular formula is C20H27N3O6. The molecule has 0 aliphatic carbocycles. The monoisotopic (exact) mass is 405 g/mol. The lowest BCUT2D eigenvalue weighted by atomic mass is 9.98. The van der Waals surface area contributed by atoms with E-state index >= 15 is 0 Å². The summed E-state index contributed by atoms with van der Waals surface area (Å²) in [6, 6.07) is 8.49. The molecule has 1 fully saturated rings. The Balaban J connectivity index is 1.46. The first kappa shape index (κ1) is 21.1. The fraction of sp³-hybridized carbons (Fsp3) is 0.500. The van der Waals surface area contributed by atoms with Crippen LogP contribution in [0.5, 0.6) is 5.75 Å². The molecule has 1 aliphatic heterocycles. The first-order valence-electron chi connectivity index (χ1n) is 9.53. The molecule has 2 aromatic rings. The molecule has 158 valence electrons. The van der Waals surface area contributed by atoms with Gasteiger partial charge in [-0.3, -0.25) is 0 Å². The van der Waals surface area contributed by atoms with Crippen LogP contribution in [0.4, 0.5) is 10.5 Å². The number of carbonyl (C=O) groups excluding carboxylic acids is 1. The first-order chi connectivity index (χ1) is 14.1. The van der Waals surface area contributed by atoms with Gasteiger partial charge in [0.1, 0.15) is 18.5 Å². The third-order valence-electron chi connectivity index (χ3n) is 4.72. The van der Waals surface area contributed by atoms with Gasteiger partial charge >= 0.3 is 6.03 Å². The predicted octanol–water partition coefficient (Wildman–Crippen LogP) is 2.10. The number of carbonyl (C=O) groups is 1. The number of ether oxygens (including phenoxy) is 3. The van der Waals surface area contributed by atoms with E-state index < -0.39 is 12.2 Å². The van der Waals surface area contributed by atoms with Gasteiger partial charge in [0.05, 0.1) is 25.0 Å². The molecule has 1 aromatic heterocycles. The summed E-state index contributed by atoms with van der Waals surface area (Å²) < 4.78 is 21.3. The number of aliphatic hydroxyl groups excluding tert-OH is 1. The molecule has 0 spiro atoms. The van der Waals surface area contributed by atoms with Gasteiger partial charge in [0.15, 0.2) is 5.76 Å². The summed E-state index contributed by atoms with van der Waals surface area (Å²) in [6.45, 7) is 0.570. The maximum absolute atomic E-state index is 12.1. The van der Waals surface area contributed by atoms with Crippen molar-refractivity contribution in [2.45, 2.75) is 44.2 Å². The summed E-state index contributed by atoms with van der Waals surface area (Å²) in [5.74, 6) is 1.37. The van der Waals surface area contributed by atoms with Crippen LogP contribution in [0.25, 0.3) is 0 Å². The number of methoxy groups -OCH3 is 2. The van der Waals surface area contributed by atoms with Gasteiger partial charge < -0.3 is 34.5 Å². The second-order valence-electron chi connectivity index (χ2n) is 6.93. The molecule has 1 aromatic carbocycles. The van der Waals surface area contributed by atoms with Crippen LogP contribution in [-0.2, 0) is 22.5 Å². The lowest BCUT2D eigenvalue weighted by Crippen LogP contribution is -2.47. The largest absolute Gasteiger partial charge is 0.497 e. The van der Waals surface area contributed by atoms with Crippen molar-refractivity contribution in [3.05, 3.63) is 41.8 Å². The quantitative estimate of drug-likeness (QED) is 0.616. The number of rotatable bonds is 8. The third kappa shape index (κ3) is 6.18. The minimum atomic E-state index is -0.631. The van der Waals surface area contributed by atoms with Gasteiger partial charge in [-0.05, 0) is 37.1 Å². The van der Waals surface area contributed by atoms with Crippen LogP contribution >= 0.6 is 0 Å². The number of hydrogen-bond acceptors (Lipinski definition) is 7. The Hall–Kier alpha value is -2.62. The predicted molar refractivity (Wildman–Crippen MR) is 105 cm³/mol. The molecule has 9 nitrogen and oxygen atoms in total. The zero-order chi connectivity index (χ0) is 20.6. The Kier molecular flexibility index (Phi) is 7.45. The molecule has 3 N–H and O–H groups in total. The van der Waals surface area contributed by atoms with E-state index in [0.717, 1.165) is 5.69 Å². The summed E-state index contributed by atoms with van der Waals surface area (Å²) in [5.41, 5.74) is 1.42. The molecule has 1 saturated heterocycles. The summed E-state index contributed by atoms with van der Waals surface area (Å²) in [4.78, 5) is 12.1. The number of aliphatic hydroxyl groups is 1. The van der Waals surface area contributed by atoms with E-state index in [1.165, 1.54) is 0 Å². The number of hydrogen-bond donors (Lipinski definition) is 3. The first-order valence-corrected chi connectivity index (χ1v) is 9.53. The van der Waals surface area contributed by atoms with Crippen LogP contribution in [0.15, 0.2) is 34.9 Å². The lowest BCUT2D eigenvalue weighted by Gasteiger charge is -2.33. The summed E-state index contributed by atoms with van der Waals surface area (Å²) in [6.07, 6.45) is 0.668. The molecule has 2 amide bonds. The van der Waals surface area contributed by atoms with Crippen LogP contribution < -0.4 is 15.4 Å². The number of benzene rings is 1. The van der Waals surface area contributed by atoms with E-state index in [-0.39, 0.29) is 18.7 Å². The Bertz CT molecular complexity index is 779. The maximum Gasteiger partial charge on any atom is 0.319 e. The number of nitrogens with one attached hydrogen (secondary N) is 2. The van der Waals surface area contributed by atoms with E-state index in [4.69, 9.17) is 18.7 Å². The zero-order valence-electron chi connectivity index (χ0n) is 16.6. The topological polar surface area (TPSA) is 115 Å². The molecule has 9 heteroatoms. The van der Waals surface area contributed by atoms with E-state index in [1.807, 2.05) is 6.07 Å². The van der Waals surface area contributed by atoms with Gasteiger partial charge in [-0.2, -0.15) is 0 Å². The molecule has 3 atom stereocenters. The number of anilines is 1. The fourth-order valence-electron chi connectivity index (χ4n) is 3.22. The highest BCUT2D eigenvalue weighted by Crippen LogP contribution is 2.22. The number of urea groups is 1. The smallest absolute Gasteiger partial charge is 0.319 e. The number of aromatic nitrogens is 1. The molecule has 0 saturated carbocycles. The van der Waals surface area contributed by atoms with Crippen molar-refractivity contribution < 1.29 is 28.6 Å². The maximum atomic E-state index is 12.1. The van der Waals surface area contributed by atoms with E-state index in [2.05, 4.69) is 15.8 Å². The van der Waals surface area contributed by atoms with Crippen molar-refractivity contribution in [1.29, 1.82) is 0 Å². The van der Waals surface area contributed by atoms with Crippen molar-refractivity contribution in [2.75, 3.05) is 26.1 Å².